The van der Waals surface area contributed by atoms with E-state index in [0.717, 1.165) is 28.2 Å². The van der Waals surface area contributed by atoms with Crippen molar-refractivity contribution in [3.05, 3.63) is 105 Å². The molecule has 142 valence electrons. The SMILES string of the molecule is O=C(c1ccc(Cl)cc1)c1ccc2c(c1)C(c1cccc(Cl)c1)=CC1=NNNN12. The Hall–Kier alpha value is -3.12. The van der Waals surface area contributed by atoms with Crippen LogP contribution >= 0.6 is 23.2 Å². The summed E-state index contributed by atoms with van der Waals surface area (Å²) in [6.07, 6.45) is 1.96. The molecule has 0 fully saturated rings. The summed E-state index contributed by atoms with van der Waals surface area (Å²) >= 11 is 12.2. The number of hydrogen-bond donors (Lipinski definition) is 2. The van der Waals surface area contributed by atoms with Gasteiger partial charge in [0.25, 0.3) is 0 Å². The zero-order valence-electron chi connectivity index (χ0n) is 15.0. The number of nitrogens with zero attached hydrogens (tertiary/aromatic N) is 2. The van der Waals surface area contributed by atoms with Gasteiger partial charge in [-0.1, -0.05) is 35.3 Å². The number of halogens is 2. The van der Waals surface area contributed by atoms with Gasteiger partial charge in [0.05, 0.1) is 5.69 Å². The van der Waals surface area contributed by atoms with Crippen molar-refractivity contribution in [1.82, 2.24) is 11.1 Å². The Morgan fingerprint density at radius 1 is 0.897 bits per heavy atom. The lowest BCUT2D eigenvalue weighted by Crippen LogP contribution is -2.42. The molecule has 0 radical (unpaired) electrons. The third-order valence-corrected chi connectivity index (χ3v) is 5.35. The first-order chi connectivity index (χ1) is 14.1. The zero-order chi connectivity index (χ0) is 20.0. The highest BCUT2D eigenvalue weighted by Crippen LogP contribution is 2.37. The second-order valence-electron chi connectivity index (χ2n) is 6.67. The van der Waals surface area contributed by atoms with Gasteiger partial charge in [0.15, 0.2) is 11.6 Å². The van der Waals surface area contributed by atoms with E-state index in [1.54, 1.807) is 24.3 Å². The topological polar surface area (TPSA) is 56.7 Å². The summed E-state index contributed by atoms with van der Waals surface area (Å²) in [4.78, 5) is 13.0. The summed E-state index contributed by atoms with van der Waals surface area (Å²) in [7, 11) is 0. The predicted molar refractivity (Wildman–Crippen MR) is 116 cm³/mol. The number of anilines is 1. The van der Waals surface area contributed by atoms with Gasteiger partial charge >= 0.3 is 0 Å². The van der Waals surface area contributed by atoms with E-state index in [9.17, 15) is 4.79 Å². The van der Waals surface area contributed by atoms with E-state index >= 15 is 0 Å². The number of fused-ring (bicyclic) bond motifs is 3. The van der Waals surface area contributed by atoms with Gasteiger partial charge in [-0.3, -0.25) is 4.79 Å². The maximum atomic E-state index is 13.0. The van der Waals surface area contributed by atoms with Crippen LogP contribution in [0, 0.1) is 0 Å². The third-order valence-electron chi connectivity index (χ3n) is 4.87. The monoisotopic (exact) mass is 420 g/mol. The molecule has 0 aromatic heterocycles. The maximum Gasteiger partial charge on any atom is 0.193 e. The number of amidine groups is 1. The van der Waals surface area contributed by atoms with E-state index in [0.29, 0.717) is 21.2 Å². The number of hydrazone groups is 1. The van der Waals surface area contributed by atoms with Gasteiger partial charge in [0.2, 0.25) is 0 Å². The minimum absolute atomic E-state index is 0.0677. The quantitative estimate of drug-likeness (QED) is 0.596. The fourth-order valence-electron chi connectivity index (χ4n) is 3.48. The first-order valence-electron chi connectivity index (χ1n) is 8.91. The largest absolute Gasteiger partial charge is 0.289 e. The number of nitrogens with one attached hydrogen (secondary N) is 2. The van der Waals surface area contributed by atoms with Gasteiger partial charge in [-0.15, -0.1) is 10.6 Å². The number of ketones is 1. The van der Waals surface area contributed by atoms with Crippen molar-refractivity contribution in [2.24, 2.45) is 5.10 Å². The van der Waals surface area contributed by atoms with Crippen LogP contribution in [0.15, 0.2) is 77.9 Å². The zero-order valence-corrected chi connectivity index (χ0v) is 16.5. The molecular formula is C22H14Cl2N4O. The Morgan fingerprint density at radius 2 is 1.69 bits per heavy atom. The summed E-state index contributed by atoms with van der Waals surface area (Å²) in [5.74, 6) is 0.658. The molecule has 0 spiro atoms. The normalized spacial score (nSPS) is 14.5. The molecule has 0 saturated carbocycles. The first kappa shape index (κ1) is 17.9. The lowest BCUT2D eigenvalue weighted by Gasteiger charge is -2.27. The predicted octanol–water partition coefficient (Wildman–Crippen LogP) is 4.81. The summed E-state index contributed by atoms with van der Waals surface area (Å²) in [5, 5.41) is 7.33. The van der Waals surface area contributed by atoms with Crippen LogP contribution in [0.2, 0.25) is 10.0 Å². The molecule has 0 atom stereocenters. The first-order valence-corrected chi connectivity index (χ1v) is 9.66. The number of benzene rings is 3. The number of rotatable bonds is 3. The van der Waals surface area contributed by atoms with Gasteiger partial charge in [-0.2, -0.15) is 0 Å². The lowest BCUT2D eigenvalue weighted by atomic mass is 9.90. The van der Waals surface area contributed by atoms with Gasteiger partial charge in [0.1, 0.15) is 0 Å². The molecule has 5 rings (SSSR count). The van der Waals surface area contributed by atoms with Crippen LogP contribution < -0.4 is 16.1 Å². The molecule has 0 bridgehead atoms. The molecule has 2 N–H and O–H groups in total. The van der Waals surface area contributed by atoms with Crippen LogP contribution in [0.25, 0.3) is 5.57 Å². The van der Waals surface area contributed by atoms with E-state index < -0.39 is 0 Å². The maximum absolute atomic E-state index is 13.0. The van der Waals surface area contributed by atoms with Gasteiger partial charge in [-0.25, -0.2) is 10.5 Å². The van der Waals surface area contributed by atoms with Crippen LogP contribution in [-0.4, -0.2) is 11.6 Å². The van der Waals surface area contributed by atoms with Crippen molar-refractivity contribution < 1.29 is 4.79 Å². The molecule has 2 aliphatic heterocycles. The highest BCUT2D eigenvalue weighted by atomic mass is 35.5. The smallest absolute Gasteiger partial charge is 0.193 e. The van der Waals surface area contributed by atoms with Crippen LogP contribution in [0.5, 0.6) is 0 Å². The van der Waals surface area contributed by atoms with E-state index in [-0.39, 0.29) is 5.78 Å². The molecule has 7 heteroatoms. The van der Waals surface area contributed by atoms with Crippen molar-refractivity contribution in [1.29, 1.82) is 0 Å². The molecule has 2 aliphatic rings. The van der Waals surface area contributed by atoms with Gasteiger partial charge < -0.3 is 0 Å². The third kappa shape index (κ3) is 3.19. The highest BCUT2D eigenvalue weighted by Gasteiger charge is 2.28. The molecule has 0 aliphatic carbocycles. The minimum atomic E-state index is -0.0677. The van der Waals surface area contributed by atoms with Crippen molar-refractivity contribution in [3.8, 4) is 0 Å². The Morgan fingerprint density at radius 3 is 2.48 bits per heavy atom. The summed E-state index contributed by atoms with van der Waals surface area (Å²) in [6.45, 7) is 0. The van der Waals surface area contributed by atoms with E-state index in [1.165, 1.54) is 0 Å². The molecule has 29 heavy (non-hydrogen) atoms. The molecular weight excluding hydrogens is 407 g/mol. The number of hydrogen-bond acceptors (Lipinski definition) is 5. The van der Waals surface area contributed by atoms with Gasteiger partial charge in [0, 0.05) is 26.7 Å². The molecule has 2 heterocycles. The average molecular weight is 421 g/mol. The highest BCUT2D eigenvalue weighted by molar-refractivity contribution is 6.31. The molecule has 0 unspecified atom stereocenters. The molecule has 0 amide bonds. The minimum Gasteiger partial charge on any atom is -0.289 e. The second kappa shape index (κ2) is 7.04. The fraction of sp³-hybridized carbons (Fsp3) is 0. The van der Waals surface area contributed by atoms with Crippen molar-refractivity contribution in [2.45, 2.75) is 0 Å². The summed E-state index contributed by atoms with van der Waals surface area (Å²) < 4.78 is 0. The van der Waals surface area contributed by atoms with Crippen LogP contribution in [0.3, 0.4) is 0 Å². The number of hydrazine groups is 2. The fourth-order valence-corrected chi connectivity index (χ4v) is 3.79. The number of carbonyl (C=O) groups excluding carboxylic acids is 1. The van der Waals surface area contributed by atoms with Crippen molar-refractivity contribution in [3.63, 3.8) is 0 Å². The van der Waals surface area contributed by atoms with Gasteiger partial charge in [-0.05, 0) is 71.8 Å². The number of carbonyl (C=O) groups is 1. The lowest BCUT2D eigenvalue weighted by molar-refractivity contribution is 0.103. The van der Waals surface area contributed by atoms with E-state index in [4.69, 9.17) is 23.2 Å². The standard InChI is InChI=1S/C22H14Cl2N4O/c23-16-7-4-13(5-8-16)22(29)15-6-9-20-19(11-15)18(12-21-25-26-27-28(20)21)14-2-1-3-17(24)10-14/h1-12,26-27H. The average Bonchev–Trinajstić information content (AvgIpc) is 3.22. The van der Waals surface area contributed by atoms with E-state index in [1.807, 2.05) is 53.5 Å². The van der Waals surface area contributed by atoms with Crippen LogP contribution in [0.4, 0.5) is 5.69 Å². The molecule has 5 nitrogen and oxygen atoms in total. The van der Waals surface area contributed by atoms with Crippen molar-refractivity contribution in [2.75, 3.05) is 5.01 Å². The second-order valence-corrected chi connectivity index (χ2v) is 7.54. The van der Waals surface area contributed by atoms with E-state index in [2.05, 4.69) is 16.2 Å². The van der Waals surface area contributed by atoms with Crippen LogP contribution in [0.1, 0.15) is 27.0 Å². The molecule has 3 aromatic rings. The summed E-state index contributed by atoms with van der Waals surface area (Å²) in [5.41, 5.74) is 10.6. The molecule has 0 saturated heterocycles. The Labute approximate surface area is 177 Å². The Bertz CT molecular complexity index is 1200. The molecule has 3 aromatic carbocycles. The van der Waals surface area contributed by atoms with Crippen LogP contribution in [-0.2, 0) is 0 Å². The van der Waals surface area contributed by atoms with Crippen molar-refractivity contribution >= 4 is 46.1 Å². The Kier molecular flexibility index (Phi) is 4.36. The summed E-state index contributed by atoms with van der Waals surface area (Å²) in [6, 6.07) is 20.1. The Balaban J connectivity index is 1.64.